The number of aromatic nitrogens is 1. The average molecular weight is 301 g/mol. The summed E-state index contributed by atoms with van der Waals surface area (Å²) in [6, 6.07) is 12.8. The van der Waals surface area contributed by atoms with Gasteiger partial charge in [-0.15, -0.1) is 0 Å². The summed E-state index contributed by atoms with van der Waals surface area (Å²) in [7, 11) is 0. The zero-order chi connectivity index (χ0) is 15.0. The second kappa shape index (κ2) is 5.43. The fourth-order valence-corrected chi connectivity index (χ4v) is 3.47. The second-order valence-corrected chi connectivity index (χ2v) is 7.02. The van der Waals surface area contributed by atoms with Crippen molar-refractivity contribution in [3.8, 4) is 0 Å². The van der Waals surface area contributed by atoms with Gasteiger partial charge in [0.2, 0.25) is 0 Å². The normalized spacial score (nSPS) is 21.0. The summed E-state index contributed by atoms with van der Waals surface area (Å²) in [5.41, 5.74) is 3.98. The second-order valence-electron chi connectivity index (χ2n) is 6.58. The van der Waals surface area contributed by atoms with Gasteiger partial charge < -0.3 is 5.32 Å². The first-order valence-corrected chi connectivity index (χ1v) is 7.80. The van der Waals surface area contributed by atoms with Gasteiger partial charge in [0, 0.05) is 23.3 Å². The van der Waals surface area contributed by atoms with Crippen LogP contribution in [0, 0.1) is 5.41 Å². The van der Waals surface area contributed by atoms with Crippen molar-refractivity contribution in [1.29, 1.82) is 0 Å². The van der Waals surface area contributed by atoms with Crippen LogP contribution in [-0.4, -0.2) is 4.98 Å². The van der Waals surface area contributed by atoms with Gasteiger partial charge in [-0.25, -0.2) is 0 Å². The fourth-order valence-electron chi connectivity index (χ4n) is 3.29. The van der Waals surface area contributed by atoms with E-state index < -0.39 is 0 Å². The van der Waals surface area contributed by atoms with Crippen molar-refractivity contribution < 1.29 is 0 Å². The summed E-state index contributed by atoms with van der Waals surface area (Å²) < 4.78 is 0. The number of rotatable bonds is 3. The quantitative estimate of drug-likeness (QED) is 0.888. The number of fused-ring (bicyclic) bond motifs is 1. The van der Waals surface area contributed by atoms with E-state index in [2.05, 4.69) is 49.3 Å². The van der Waals surface area contributed by atoms with Gasteiger partial charge in [-0.05, 0) is 54.2 Å². The molecule has 0 radical (unpaired) electrons. The number of nitrogens with one attached hydrogen (secondary N) is 1. The van der Waals surface area contributed by atoms with E-state index in [1.807, 2.05) is 24.4 Å². The largest absolute Gasteiger partial charge is 0.301 e. The molecule has 0 aliphatic heterocycles. The fraction of sp³-hybridized carbons (Fsp3) is 0.389. The van der Waals surface area contributed by atoms with Gasteiger partial charge in [-0.1, -0.05) is 37.6 Å². The van der Waals surface area contributed by atoms with E-state index >= 15 is 0 Å². The molecule has 0 amide bonds. The Morgan fingerprint density at radius 2 is 2.10 bits per heavy atom. The molecule has 0 saturated carbocycles. The maximum atomic E-state index is 6.20. The first-order valence-electron chi connectivity index (χ1n) is 7.43. The molecule has 3 rings (SSSR count). The maximum absolute atomic E-state index is 6.20. The van der Waals surface area contributed by atoms with Crippen LogP contribution in [0.3, 0.4) is 0 Å². The lowest BCUT2D eigenvalue weighted by atomic mass is 9.85. The highest BCUT2D eigenvalue weighted by atomic mass is 35.5. The van der Waals surface area contributed by atoms with Crippen molar-refractivity contribution in [1.82, 2.24) is 10.3 Å². The van der Waals surface area contributed by atoms with E-state index in [0.717, 1.165) is 17.1 Å². The average Bonchev–Trinajstić information content (AvgIpc) is 2.71. The number of hydrogen-bond acceptors (Lipinski definition) is 2. The number of halogens is 1. The van der Waals surface area contributed by atoms with Gasteiger partial charge in [0.1, 0.15) is 0 Å². The van der Waals surface area contributed by atoms with Crippen molar-refractivity contribution in [2.45, 2.75) is 39.3 Å². The Bertz CT molecular complexity index is 637. The molecule has 0 saturated heterocycles. The number of hydrogen-bond donors (Lipinski definition) is 1. The van der Waals surface area contributed by atoms with Gasteiger partial charge in [0.05, 0.1) is 5.69 Å². The predicted octanol–water partition coefficient (Wildman–Crippen LogP) is 4.71. The van der Waals surface area contributed by atoms with E-state index in [9.17, 15) is 0 Å². The summed E-state index contributed by atoms with van der Waals surface area (Å²) in [6.07, 6.45) is 2.92. The minimum atomic E-state index is 0.177. The molecule has 0 spiro atoms. The minimum Gasteiger partial charge on any atom is -0.301 e. The highest BCUT2D eigenvalue weighted by Gasteiger charge is 2.39. The molecule has 1 heterocycles. The summed E-state index contributed by atoms with van der Waals surface area (Å²) >= 11 is 6.20. The molecule has 110 valence electrons. The Balaban J connectivity index is 1.89. The maximum Gasteiger partial charge on any atom is 0.0570 e. The zero-order valence-corrected chi connectivity index (χ0v) is 13.5. The number of nitrogens with zero attached hydrogens (tertiary/aromatic N) is 1. The van der Waals surface area contributed by atoms with Gasteiger partial charge in [-0.2, -0.15) is 0 Å². The van der Waals surface area contributed by atoms with Crippen molar-refractivity contribution in [2.75, 3.05) is 0 Å². The Hall–Kier alpha value is -1.38. The predicted molar refractivity (Wildman–Crippen MR) is 87.5 cm³/mol. The van der Waals surface area contributed by atoms with Crippen molar-refractivity contribution in [3.63, 3.8) is 0 Å². The number of benzene rings is 1. The molecule has 2 unspecified atom stereocenters. The van der Waals surface area contributed by atoms with Crippen LogP contribution in [0.5, 0.6) is 0 Å². The highest BCUT2D eigenvalue weighted by molar-refractivity contribution is 6.30. The molecule has 1 aliphatic carbocycles. The van der Waals surface area contributed by atoms with Crippen molar-refractivity contribution >= 4 is 11.6 Å². The molecule has 3 heteroatoms. The smallest absolute Gasteiger partial charge is 0.0570 e. The molecule has 2 nitrogen and oxygen atoms in total. The topological polar surface area (TPSA) is 24.9 Å². The van der Waals surface area contributed by atoms with E-state index in [1.165, 1.54) is 11.1 Å². The minimum absolute atomic E-state index is 0.177. The van der Waals surface area contributed by atoms with Crippen LogP contribution in [-0.2, 0) is 6.42 Å². The molecule has 0 fully saturated rings. The third-order valence-electron chi connectivity index (χ3n) is 4.39. The number of pyridine rings is 1. The van der Waals surface area contributed by atoms with Gasteiger partial charge in [0.25, 0.3) is 0 Å². The first kappa shape index (κ1) is 14.6. The standard InChI is InChI=1S/C18H21ClN2/c1-12(16-6-4-5-9-20-16)21-17-15-10-14(19)8-7-13(15)11-18(17,2)3/h4-10,12,17,21H,11H2,1-3H3. The molecule has 1 aromatic carbocycles. The van der Waals surface area contributed by atoms with Gasteiger partial charge in [0.15, 0.2) is 0 Å². The molecule has 1 aliphatic rings. The SMILES string of the molecule is CC(NC1c2cc(Cl)ccc2CC1(C)C)c1ccccn1. The highest BCUT2D eigenvalue weighted by Crippen LogP contribution is 2.46. The summed E-state index contributed by atoms with van der Waals surface area (Å²) in [4.78, 5) is 4.45. The first-order chi connectivity index (χ1) is 9.97. The lowest BCUT2D eigenvalue weighted by Crippen LogP contribution is -2.33. The molecular weight excluding hydrogens is 280 g/mol. The molecule has 2 aromatic rings. The summed E-state index contributed by atoms with van der Waals surface area (Å²) in [5.74, 6) is 0. The van der Waals surface area contributed by atoms with Crippen LogP contribution in [0.15, 0.2) is 42.6 Å². The van der Waals surface area contributed by atoms with Crippen LogP contribution in [0.1, 0.15) is 49.7 Å². The molecule has 0 bridgehead atoms. The van der Waals surface area contributed by atoms with Crippen LogP contribution in [0.4, 0.5) is 0 Å². The zero-order valence-electron chi connectivity index (χ0n) is 12.7. The van der Waals surface area contributed by atoms with E-state index in [0.29, 0.717) is 6.04 Å². The molecule has 21 heavy (non-hydrogen) atoms. The Labute approximate surface area is 131 Å². The monoisotopic (exact) mass is 300 g/mol. The van der Waals surface area contributed by atoms with E-state index in [1.54, 1.807) is 0 Å². The van der Waals surface area contributed by atoms with Crippen LogP contribution >= 0.6 is 11.6 Å². The van der Waals surface area contributed by atoms with Crippen LogP contribution in [0.25, 0.3) is 0 Å². The third kappa shape index (κ3) is 2.83. The molecule has 2 atom stereocenters. The van der Waals surface area contributed by atoms with Crippen LogP contribution in [0.2, 0.25) is 5.02 Å². The molecule has 1 aromatic heterocycles. The van der Waals surface area contributed by atoms with E-state index in [-0.39, 0.29) is 11.5 Å². The van der Waals surface area contributed by atoms with E-state index in [4.69, 9.17) is 11.6 Å². The molecule has 1 N–H and O–H groups in total. The van der Waals surface area contributed by atoms with Gasteiger partial charge in [-0.3, -0.25) is 4.98 Å². The summed E-state index contributed by atoms with van der Waals surface area (Å²) in [6.45, 7) is 6.79. The van der Waals surface area contributed by atoms with Crippen molar-refractivity contribution in [3.05, 3.63) is 64.4 Å². The Kier molecular flexibility index (Phi) is 3.76. The third-order valence-corrected chi connectivity index (χ3v) is 4.63. The summed E-state index contributed by atoms with van der Waals surface area (Å²) in [5, 5.41) is 4.56. The van der Waals surface area contributed by atoms with Crippen LogP contribution < -0.4 is 5.32 Å². The lowest BCUT2D eigenvalue weighted by Gasteiger charge is -2.31. The Morgan fingerprint density at radius 1 is 1.29 bits per heavy atom. The molecular formula is C18H21ClN2. The Morgan fingerprint density at radius 3 is 2.81 bits per heavy atom. The lowest BCUT2D eigenvalue weighted by molar-refractivity contribution is 0.251. The van der Waals surface area contributed by atoms with Gasteiger partial charge >= 0.3 is 0 Å². The van der Waals surface area contributed by atoms with Crippen molar-refractivity contribution in [2.24, 2.45) is 5.41 Å².